The summed E-state index contributed by atoms with van der Waals surface area (Å²) in [6.45, 7) is 3.69. The van der Waals surface area contributed by atoms with Gasteiger partial charge in [0, 0.05) is 11.3 Å². The van der Waals surface area contributed by atoms with E-state index in [1.54, 1.807) is 6.92 Å². The summed E-state index contributed by atoms with van der Waals surface area (Å²) in [7, 11) is 0. The first kappa shape index (κ1) is 14.1. The van der Waals surface area contributed by atoms with Gasteiger partial charge in [-0.3, -0.25) is 0 Å². The molecule has 0 amide bonds. The van der Waals surface area contributed by atoms with Gasteiger partial charge in [-0.2, -0.15) is 0 Å². The first-order valence-electron chi connectivity index (χ1n) is 6.25. The Bertz CT molecular complexity index is 612. The Kier molecular flexibility index (Phi) is 4.03. The molecule has 0 bridgehead atoms. The van der Waals surface area contributed by atoms with E-state index < -0.39 is 11.8 Å². The van der Waals surface area contributed by atoms with E-state index in [9.17, 15) is 9.18 Å². The number of aryl methyl sites for hydroxylation is 1. The molecule has 0 saturated heterocycles. The summed E-state index contributed by atoms with van der Waals surface area (Å²) in [5, 5.41) is 0. The minimum absolute atomic E-state index is 0.123. The fourth-order valence-electron chi connectivity index (χ4n) is 1.73. The molecule has 0 spiro atoms. The topological polar surface area (TPSA) is 52.3 Å². The zero-order valence-electron chi connectivity index (χ0n) is 11.4. The van der Waals surface area contributed by atoms with Crippen LogP contribution in [0.2, 0.25) is 0 Å². The maximum absolute atomic E-state index is 13.5. The number of carbonyl (C=O) groups is 1. The van der Waals surface area contributed by atoms with Crippen molar-refractivity contribution in [2.45, 2.75) is 20.5 Å². The second-order valence-corrected chi connectivity index (χ2v) is 4.73. The van der Waals surface area contributed by atoms with Gasteiger partial charge in [-0.1, -0.05) is 29.8 Å². The predicted octanol–water partition coefficient (Wildman–Crippen LogP) is 3.38. The second-order valence-electron chi connectivity index (χ2n) is 4.73. The molecule has 0 aliphatic rings. The van der Waals surface area contributed by atoms with Gasteiger partial charge in [-0.05, 0) is 31.5 Å². The number of ether oxygens (including phenoxy) is 1. The molecule has 104 valence electrons. The summed E-state index contributed by atoms with van der Waals surface area (Å²) < 4.78 is 18.7. The quantitative estimate of drug-likeness (QED) is 0.689. The zero-order chi connectivity index (χ0) is 14.7. The molecule has 2 aromatic rings. The highest BCUT2D eigenvalue weighted by Gasteiger charge is 2.12. The molecule has 0 unspecified atom stereocenters. The molecule has 0 aliphatic carbocycles. The zero-order valence-corrected chi connectivity index (χ0v) is 11.4. The van der Waals surface area contributed by atoms with Crippen LogP contribution >= 0.6 is 0 Å². The first-order valence-corrected chi connectivity index (χ1v) is 6.25. The van der Waals surface area contributed by atoms with Crippen molar-refractivity contribution in [3.8, 4) is 0 Å². The van der Waals surface area contributed by atoms with E-state index in [2.05, 4.69) is 0 Å². The number of halogens is 1. The van der Waals surface area contributed by atoms with Crippen molar-refractivity contribution in [2.24, 2.45) is 0 Å². The smallest absolute Gasteiger partial charge is 0.338 e. The Labute approximate surface area is 117 Å². The van der Waals surface area contributed by atoms with Crippen molar-refractivity contribution in [1.29, 1.82) is 0 Å². The van der Waals surface area contributed by atoms with Crippen molar-refractivity contribution in [1.82, 2.24) is 0 Å². The summed E-state index contributed by atoms with van der Waals surface area (Å²) in [5.74, 6) is -1.09. The number of anilines is 1. The predicted molar refractivity (Wildman–Crippen MR) is 75.8 cm³/mol. The molecule has 0 fully saturated rings. The van der Waals surface area contributed by atoms with E-state index in [0.717, 1.165) is 17.2 Å². The Morgan fingerprint density at radius 2 is 1.85 bits per heavy atom. The third kappa shape index (κ3) is 3.15. The normalized spacial score (nSPS) is 10.3. The molecule has 2 rings (SSSR count). The number of hydrogen-bond acceptors (Lipinski definition) is 3. The number of rotatable bonds is 3. The van der Waals surface area contributed by atoms with Gasteiger partial charge in [0.2, 0.25) is 0 Å². The van der Waals surface area contributed by atoms with Crippen LogP contribution in [-0.2, 0) is 11.3 Å². The van der Waals surface area contributed by atoms with Crippen molar-refractivity contribution in [2.75, 3.05) is 5.73 Å². The van der Waals surface area contributed by atoms with Crippen LogP contribution < -0.4 is 5.73 Å². The molecule has 3 nitrogen and oxygen atoms in total. The molecule has 0 atom stereocenters. The Hall–Kier alpha value is -2.36. The molecule has 0 radical (unpaired) electrons. The SMILES string of the molecule is Cc1ccc(COC(=O)c2cc(N)c(C)c(F)c2)cc1. The lowest BCUT2D eigenvalue weighted by Gasteiger charge is -2.08. The van der Waals surface area contributed by atoms with Gasteiger partial charge in [0.1, 0.15) is 12.4 Å². The lowest BCUT2D eigenvalue weighted by Crippen LogP contribution is -2.07. The fraction of sp³-hybridized carbons (Fsp3) is 0.188. The molecule has 2 N–H and O–H groups in total. The molecular weight excluding hydrogens is 257 g/mol. The van der Waals surface area contributed by atoms with Crippen molar-refractivity contribution in [3.63, 3.8) is 0 Å². The van der Waals surface area contributed by atoms with Crippen LogP contribution in [0.25, 0.3) is 0 Å². The number of nitrogens with two attached hydrogens (primary N) is 1. The lowest BCUT2D eigenvalue weighted by atomic mass is 10.1. The van der Waals surface area contributed by atoms with Crippen LogP contribution in [-0.4, -0.2) is 5.97 Å². The molecule has 0 saturated carbocycles. The first-order chi connectivity index (χ1) is 9.47. The minimum Gasteiger partial charge on any atom is -0.457 e. The van der Waals surface area contributed by atoms with Crippen LogP contribution in [0.15, 0.2) is 36.4 Å². The van der Waals surface area contributed by atoms with Gasteiger partial charge in [0.05, 0.1) is 5.56 Å². The maximum atomic E-state index is 13.5. The summed E-state index contributed by atoms with van der Waals surface area (Å²) >= 11 is 0. The average Bonchev–Trinajstić information content (AvgIpc) is 2.43. The van der Waals surface area contributed by atoms with Crippen molar-refractivity contribution < 1.29 is 13.9 Å². The number of carbonyl (C=O) groups excluding carboxylic acids is 1. The number of nitrogen functional groups attached to an aromatic ring is 1. The van der Waals surface area contributed by atoms with Gasteiger partial charge in [0.15, 0.2) is 0 Å². The summed E-state index contributed by atoms with van der Waals surface area (Å²) in [6, 6.07) is 10.2. The van der Waals surface area contributed by atoms with E-state index in [1.807, 2.05) is 31.2 Å². The van der Waals surface area contributed by atoms with Crippen LogP contribution in [0.1, 0.15) is 27.0 Å². The summed E-state index contributed by atoms with van der Waals surface area (Å²) in [5.41, 5.74) is 8.35. The molecule has 0 aliphatic heterocycles. The van der Waals surface area contributed by atoms with Gasteiger partial charge in [-0.15, -0.1) is 0 Å². The van der Waals surface area contributed by atoms with Gasteiger partial charge in [-0.25, -0.2) is 9.18 Å². The van der Waals surface area contributed by atoms with Crippen LogP contribution in [0.3, 0.4) is 0 Å². The van der Waals surface area contributed by atoms with Crippen molar-refractivity contribution >= 4 is 11.7 Å². The third-order valence-electron chi connectivity index (χ3n) is 3.11. The molecular formula is C16H16FNO2. The second kappa shape index (κ2) is 5.74. The van der Waals surface area contributed by atoms with Gasteiger partial charge < -0.3 is 10.5 Å². The number of benzene rings is 2. The lowest BCUT2D eigenvalue weighted by molar-refractivity contribution is 0.0472. The Morgan fingerprint density at radius 3 is 2.45 bits per heavy atom. The highest BCUT2D eigenvalue weighted by molar-refractivity contribution is 5.90. The summed E-state index contributed by atoms with van der Waals surface area (Å²) in [6.07, 6.45) is 0. The molecule has 0 aromatic heterocycles. The van der Waals surface area contributed by atoms with E-state index in [0.29, 0.717) is 5.56 Å². The van der Waals surface area contributed by atoms with E-state index in [-0.39, 0.29) is 17.9 Å². The van der Waals surface area contributed by atoms with Crippen LogP contribution in [0, 0.1) is 19.7 Å². The molecule has 0 heterocycles. The van der Waals surface area contributed by atoms with Gasteiger partial charge >= 0.3 is 5.97 Å². The number of hydrogen-bond donors (Lipinski definition) is 1. The minimum atomic E-state index is -0.587. The summed E-state index contributed by atoms with van der Waals surface area (Å²) in [4.78, 5) is 11.9. The highest BCUT2D eigenvalue weighted by Crippen LogP contribution is 2.18. The van der Waals surface area contributed by atoms with Crippen molar-refractivity contribution in [3.05, 3.63) is 64.5 Å². The molecule has 4 heteroatoms. The Morgan fingerprint density at radius 1 is 1.20 bits per heavy atom. The van der Waals surface area contributed by atoms with Crippen LogP contribution in [0.4, 0.5) is 10.1 Å². The fourth-order valence-corrected chi connectivity index (χ4v) is 1.73. The van der Waals surface area contributed by atoms with E-state index in [4.69, 9.17) is 10.5 Å². The Balaban J connectivity index is 2.07. The molecule has 2 aromatic carbocycles. The maximum Gasteiger partial charge on any atom is 0.338 e. The largest absolute Gasteiger partial charge is 0.457 e. The highest BCUT2D eigenvalue weighted by atomic mass is 19.1. The van der Waals surface area contributed by atoms with E-state index >= 15 is 0 Å². The molecule has 20 heavy (non-hydrogen) atoms. The average molecular weight is 273 g/mol. The van der Waals surface area contributed by atoms with Gasteiger partial charge in [0.25, 0.3) is 0 Å². The number of esters is 1. The third-order valence-corrected chi connectivity index (χ3v) is 3.11. The standard InChI is InChI=1S/C16H16FNO2/c1-10-3-5-12(6-4-10)9-20-16(19)13-7-14(17)11(2)15(18)8-13/h3-8H,9,18H2,1-2H3. The van der Waals surface area contributed by atoms with E-state index in [1.165, 1.54) is 6.07 Å². The van der Waals surface area contributed by atoms with Crippen LogP contribution in [0.5, 0.6) is 0 Å². The monoisotopic (exact) mass is 273 g/mol.